The van der Waals surface area contributed by atoms with Gasteiger partial charge in [0.05, 0.1) is 11.1 Å². The van der Waals surface area contributed by atoms with Crippen molar-refractivity contribution in [1.82, 2.24) is 4.90 Å². The number of hydrogen-bond acceptors (Lipinski definition) is 3. The number of carbonyl (C=O) groups excluding carboxylic acids is 2. The van der Waals surface area contributed by atoms with E-state index in [4.69, 9.17) is 0 Å². The summed E-state index contributed by atoms with van der Waals surface area (Å²) >= 11 is 0. The van der Waals surface area contributed by atoms with Crippen molar-refractivity contribution in [3.63, 3.8) is 0 Å². The summed E-state index contributed by atoms with van der Waals surface area (Å²) < 4.78 is 0. The number of aryl methyl sites for hydroxylation is 1. The number of rotatable bonds is 7. The van der Waals surface area contributed by atoms with Crippen molar-refractivity contribution in [2.24, 2.45) is 5.41 Å². The standard InChI is InChI=1S/C22H25NO3/c1-22(2,15-24)14-17-8-5-7-16(13-17)9-6-12-23-20(25)18-10-3-4-11-19(18)21(23)26/h3-5,7-8,10-11,13,24H,6,9,12,14-15H2,1-2H3. The van der Waals surface area contributed by atoms with Gasteiger partial charge in [-0.25, -0.2) is 0 Å². The predicted molar refractivity (Wildman–Crippen MR) is 101 cm³/mol. The van der Waals surface area contributed by atoms with Gasteiger partial charge in [0, 0.05) is 13.2 Å². The lowest BCUT2D eigenvalue weighted by atomic mass is 9.86. The Morgan fingerprint density at radius 1 is 0.923 bits per heavy atom. The van der Waals surface area contributed by atoms with Gasteiger partial charge in [0.2, 0.25) is 0 Å². The van der Waals surface area contributed by atoms with Crippen LogP contribution in [0, 0.1) is 5.41 Å². The number of amides is 2. The third-order valence-electron chi connectivity index (χ3n) is 4.83. The molecule has 4 nitrogen and oxygen atoms in total. The third-order valence-corrected chi connectivity index (χ3v) is 4.83. The Morgan fingerprint density at radius 2 is 1.54 bits per heavy atom. The smallest absolute Gasteiger partial charge is 0.261 e. The monoisotopic (exact) mass is 351 g/mol. The second kappa shape index (κ2) is 7.42. The van der Waals surface area contributed by atoms with Crippen LogP contribution in [-0.2, 0) is 12.8 Å². The average Bonchev–Trinajstić information content (AvgIpc) is 2.87. The molecule has 1 heterocycles. The maximum Gasteiger partial charge on any atom is 0.261 e. The first kappa shape index (κ1) is 18.3. The largest absolute Gasteiger partial charge is 0.396 e. The first-order valence-corrected chi connectivity index (χ1v) is 9.05. The SMILES string of the molecule is CC(C)(CO)Cc1cccc(CCCN2C(=O)c3ccccc3C2=O)c1. The normalized spacial score (nSPS) is 14.0. The number of aliphatic hydroxyl groups is 1. The van der Waals surface area contributed by atoms with E-state index in [2.05, 4.69) is 18.2 Å². The molecule has 1 N–H and O–H groups in total. The number of carbonyl (C=O) groups is 2. The number of aliphatic hydroxyl groups excluding tert-OH is 1. The van der Waals surface area contributed by atoms with Crippen LogP contribution in [0.3, 0.4) is 0 Å². The van der Waals surface area contributed by atoms with Gasteiger partial charge in [-0.3, -0.25) is 14.5 Å². The summed E-state index contributed by atoms with van der Waals surface area (Å²) in [5.74, 6) is -0.381. The molecule has 0 saturated heterocycles. The number of imide groups is 1. The Labute approximate surface area is 154 Å². The lowest BCUT2D eigenvalue weighted by Crippen LogP contribution is -2.30. The highest BCUT2D eigenvalue weighted by Crippen LogP contribution is 2.24. The lowest BCUT2D eigenvalue weighted by molar-refractivity contribution is 0.0652. The molecule has 2 amide bonds. The number of fused-ring (bicyclic) bond motifs is 1. The van der Waals surface area contributed by atoms with E-state index < -0.39 is 0 Å². The predicted octanol–water partition coefficient (Wildman–Crippen LogP) is 3.48. The Bertz CT molecular complexity index is 791. The number of benzene rings is 2. The molecule has 1 aliphatic heterocycles. The Hall–Kier alpha value is -2.46. The minimum Gasteiger partial charge on any atom is -0.396 e. The van der Waals surface area contributed by atoms with Crippen LogP contribution in [0.25, 0.3) is 0 Å². The fourth-order valence-electron chi connectivity index (χ4n) is 3.39. The first-order chi connectivity index (χ1) is 12.4. The zero-order valence-electron chi connectivity index (χ0n) is 15.4. The molecule has 0 unspecified atom stereocenters. The van der Waals surface area contributed by atoms with Crippen molar-refractivity contribution < 1.29 is 14.7 Å². The zero-order valence-corrected chi connectivity index (χ0v) is 15.4. The van der Waals surface area contributed by atoms with Crippen LogP contribution < -0.4 is 0 Å². The van der Waals surface area contributed by atoms with Gasteiger partial charge in [0.25, 0.3) is 11.8 Å². The van der Waals surface area contributed by atoms with Crippen molar-refractivity contribution in [1.29, 1.82) is 0 Å². The van der Waals surface area contributed by atoms with Gasteiger partial charge in [-0.1, -0.05) is 50.2 Å². The van der Waals surface area contributed by atoms with Crippen LogP contribution in [0.2, 0.25) is 0 Å². The highest BCUT2D eigenvalue weighted by molar-refractivity contribution is 6.21. The van der Waals surface area contributed by atoms with Crippen LogP contribution in [-0.4, -0.2) is 35.0 Å². The molecule has 136 valence electrons. The summed E-state index contributed by atoms with van der Waals surface area (Å²) in [7, 11) is 0. The molecular weight excluding hydrogens is 326 g/mol. The van der Waals surface area contributed by atoms with Crippen LogP contribution in [0.15, 0.2) is 48.5 Å². The van der Waals surface area contributed by atoms with Gasteiger partial charge in [-0.2, -0.15) is 0 Å². The minimum absolute atomic E-state index is 0.140. The van der Waals surface area contributed by atoms with Gasteiger partial charge in [0.15, 0.2) is 0 Å². The fourth-order valence-corrected chi connectivity index (χ4v) is 3.39. The highest BCUT2D eigenvalue weighted by Gasteiger charge is 2.34. The maximum absolute atomic E-state index is 12.4. The highest BCUT2D eigenvalue weighted by atomic mass is 16.3. The summed E-state index contributed by atoms with van der Waals surface area (Å²) in [4.78, 5) is 26.1. The van der Waals surface area contributed by atoms with Crippen molar-refractivity contribution in [3.8, 4) is 0 Å². The molecule has 0 fully saturated rings. The topological polar surface area (TPSA) is 57.6 Å². The molecule has 2 aromatic carbocycles. The maximum atomic E-state index is 12.4. The molecule has 0 aromatic heterocycles. The van der Waals surface area contributed by atoms with Gasteiger partial charge in [-0.15, -0.1) is 0 Å². The van der Waals surface area contributed by atoms with Gasteiger partial charge >= 0.3 is 0 Å². The molecule has 0 aliphatic carbocycles. The van der Waals surface area contributed by atoms with Crippen LogP contribution in [0.5, 0.6) is 0 Å². The molecule has 0 bridgehead atoms. The molecule has 0 spiro atoms. The Balaban J connectivity index is 1.59. The van der Waals surface area contributed by atoms with E-state index in [9.17, 15) is 14.7 Å². The van der Waals surface area contributed by atoms with E-state index in [1.54, 1.807) is 24.3 Å². The molecule has 0 saturated carbocycles. The molecule has 4 heteroatoms. The van der Waals surface area contributed by atoms with Crippen molar-refractivity contribution in [3.05, 3.63) is 70.8 Å². The second-order valence-electron chi connectivity index (χ2n) is 7.73. The summed E-state index contributed by atoms with van der Waals surface area (Å²) in [5, 5.41) is 9.44. The van der Waals surface area contributed by atoms with E-state index >= 15 is 0 Å². The second-order valence-corrected chi connectivity index (χ2v) is 7.73. The van der Waals surface area contributed by atoms with Crippen molar-refractivity contribution in [2.75, 3.05) is 13.2 Å². The fraction of sp³-hybridized carbons (Fsp3) is 0.364. The molecule has 1 aliphatic rings. The van der Waals surface area contributed by atoms with Crippen LogP contribution in [0.1, 0.15) is 52.1 Å². The van der Waals surface area contributed by atoms with E-state index in [1.807, 2.05) is 19.9 Å². The molecular formula is C22H25NO3. The number of hydrogen-bond donors (Lipinski definition) is 1. The van der Waals surface area contributed by atoms with Gasteiger partial charge in [-0.05, 0) is 47.9 Å². The number of nitrogens with zero attached hydrogens (tertiary/aromatic N) is 1. The summed E-state index contributed by atoms with van der Waals surface area (Å²) in [6.45, 7) is 4.67. The molecule has 0 radical (unpaired) electrons. The third kappa shape index (κ3) is 3.86. The van der Waals surface area contributed by atoms with Gasteiger partial charge in [0.1, 0.15) is 0 Å². The quantitative estimate of drug-likeness (QED) is 0.777. The molecule has 26 heavy (non-hydrogen) atoms. The molecule has 0 atom stereocenters. The Morgan fingerprint density at radius 3 is 2.15 bits per heavy atom. The van der Waals surface area contributed by atoms with Crippen molar-refractivity contribution in [2.45, 2.75) is 33.1 Å². The van der Waals surface area contributed by atoms with Crippen molar-refractivity contribution >= 4 is 11.8 Å². The molecule has 3 rings (SSSR count). The molecule has 2 aromatic rings. The minimum atomic E-state index is -0.191. The lowest BCUT2D eigenvalue weighted by Gasteiger charge is -2.21. The zero-order chi connectivity index (χ0) is 18.7. The van der Waals surface area contributed by atoms with E-state index in [0.29, 0.717) is 17.7 Å². The first-order valence-electron chi connectivity index (χ1n) is 9.05. The van der Waals surface area contributed by atoms with Crippen LogP contribution in [0.4, 0.5) is 0 Å². The Kier molecular flexibility index (Phi) is 5.23. The van der Waals surface area contributed by atoms with Gasteiger partial charge < -0.3 is 5.11 Å². The summed E-state index contributed by atoms with van der Waals surface area (Å²) in [5.41, 5.74) is 3.25. The summed E-state index contributed by atoms with van der Waals surface area (Å²) in [6.07, 6.45) is 2.36. The van der Waals surface area contributed by atoms with E-state index in [0.717, 1.165) is 19.3 Å². The van der Waals surface area contributed by atoms with E-state index in [1.165, 1.54) is 16.0 Å². The summed E-state index contributed by atoms with van der Waals surface area (Å²) in [6, 6.07) is 15.3. The van der Waals surface area contributed by atoms with Crippen LogP contribution >= 0.6 is 0 Å². The van der Waals surface area contributed by atoms with E-state index in [-0.39, 0.29) is 23.8 Å². The average molecular weight is 351 g/mol.